The fraction of sp³-hybridized carbons (Fsp3) is 0.500. The largest absolute Gasteiger partial charge is 0.371 e. The van der Waals surface area contributed by atoms with Crippen molar-refractivity contribution in [1.29, 1.82) is 0 Å². The first-order valence-corrected chi connectivity index (χ1v) is 5.82. The van der Waals surface area contributed by atoms with Crippen LogP contribution in [0, 0.1) is 0 Å². The Morgan fingerprint density at radius 3 is 2.27 bits per heavy atom. The van der Waals surface area contributed by atoms with Gasteiger partial charge in [-0.25, -0.2) is 0 Å². The lowest BCUT2D eigenvalue weighted by Gasteiger charge is -2.33. The molecule has 1 fully saturated rings. The summed E-state index contributed by atoms with van der Waals surface area (Å²) in [5, 5.41) is 14.1. The molecular formula is C12H16ClNO. The third kappa shape index (κ3) is 2.86. The van der Waals surface area contributed by atoms with E-state index in [1.165, 1.54) is 6.42 Å². The fourth-order valence-electron chi connectivity index (χ4n) is 2.06. The van der Waals surface area contributed by atoms with Crippen molar-refractivity contribution in [3.05, 3.63) is 29.3 Å². The number of aliphatic hydroxyl groups is 1. The fourth-order valence-corrected chi connectivity index (χ4v) is 2.19. The van der Waals surface area contributed by atoms with E-state index in [-0.39, 0.29) is 0 Å². The molecule has 2 N–H and O–H groups in total. The van der Waals surface area contributed by atoms with Gasteiger partial charge in [-0.1, -0.05) is 18.0 Å². The number of benzene rings is 1. The van der Waals surface area contributed by atoms with Crippen molar-refractivity contribution in [2.24, 2.45) is 0 Å². The molecule has 0 heterocycles. The summed E-state index contributed by atoms with van der Waals surface area (Å²) >= 11 is 5.80. The normalized spacial score (nSPS) is 19.9. The Hall–Kier alpha value is -0.730. The summed E-state index contributed by atoms with van der Waals surface area (Å²) in [6.07, 6.45) is 5.07. The number of anilines is 1. The summed E-state index contributed by atoms with van der Waals surface area (Å²) in [6.45, 7) is 0. The monoisotopic (exact) mass is 225 g/mol. The highest BCUT2D eigenvalue weighted by atomic mass is 35.5. The van der Waals surface area contributed by atoms with E-state index < -0.39 is 5.72 Å². The van der Waals surface area contributed by atoms with Crippen LogP contribution in [0.3, 0.4) is 0 Å². The third-order valence-electron chi connectivity index (χ3n) is 2.90. The maximum absolute atomic E-state index is 10.2. The maximum Gasteiger partial charge on any atom is 0.135 e. The molecule has 0 amide bonds. The van der Waals surface area contributed by atoms with Crippen LogP contribution in [0.4, 0.5) is 5.69 Å². The van der Waals surface area contributed by atoms with Crippen molar-refractivity contribution >= 4 is 17.3 Å². The first kappa shape index (κ1) is 10.8. The molecule has 0 aliphatic heterocycles. The molecule has 1 aromatic carbocycles. The van der Waals surface area contributed by atoms with Crippen LogP contribution in [0.1, 0.15) is 32.1 Å². The van der Waals surface area contributed by atoms with Crippen molar-refractivity contribution in [2.45, 2.75) is 37.8 Å². The molecular weight excluding hydrogens is 210 g/mol. The van der Waals surface area contributed by atoms with Gasteiger partial charge in [-0.2, -0.15) is 0 Å². The SMILES string of the molecule is OC1(Nc2ccc(Cl)cc2)CCCCC1. The van der Waals surface area contributed by atoms with Crippen LogP contribution >= 0.6 is 11.6 Å². The van der Waals surface area contributed by atoms with Gasteiger partial charge in [-0.15, -0.1) is 0 Å². The summed E-state index contributed by atoms with van der Waals surface area (Å²) in [5.74, 6) is 0. The van der Waals surface area contributed by atoms with Gasteiger partial charge >= 0.3 is 0 Å². The predicted molar refractivity (Wildman–Crippen MR) is 63.1 cm³/mol. The average molecular weight is 226 g/mol. The van der Waals surface area contributed by atoms with Crippen LogP contribution in [0.5, 0.6) is 0 Å². The van der Waals surface area contributed by atoms with Crippen LogP contribution in [0.25, 0.3) is 0 Å². The molecule has 0 aromatic heterocycles. The molecule has 1 aliphatic rings. The van der Waals surface area contributed by atoms with Crippen molar-refractivity contribution in [3.8, 4) is 0 Å². The van der Waals surface area contributed by atoms with Gasteiger partial charge in [0, 0.05) is 10.7 Å². The minimum absolute atomic E-state index is 0.716. The molecule has 82 valence electrons. The van der Waals surface area contributed by atoms with Gasteiger partial charge in [0.2, 0.25) is 0 Å². The number of halogens is 1. The zero-order chi connectivity index (χ0) is 10.7. The van der Waals surface area contributed by atoms with E-state index in [1.807, 2.05) is 24.3 Å². The average Bonchev–Trinajstić information content (AvgIpc) is 2.22. The molecule has 1 aromatic rings. The second-order valence-electron chi connectivity index (χ2n) is 4.22. The van der Waals surface area contributed by atoms with E-state index >= 15 is 0 Å². The summed E-state index contributed by atoms with van der Waals surface area (Å²) in [7, 11) is 0. The van der Waals surface area contributed by atoms with Crippen molar-refractivity contribution in [3.63, 3.8) is 0 Å². The highest BCUT2D eigenvalue weighted by Gasteiger charge is 2.28. The summed E-state index contributed by atoms with van der Waals surface area (Å²) in [4.78, 5) is 0. The second kappa shape index (κ2) is 4.42. The first-order chi connectivity index (χ1) is 7.18. The van der Waals surface area contributed by atoms with Gasteiger partial charge in [-0.3, -0.25) is 0 Å². The number of nitrogens with one attached hydrogen (secondary N) is 1. The first-order valence-electron chi connectivity index (χ1n) is 5.44. The number of hydrogen-bond acceptors (Lipinski definition) is 2. The topological polar surface area (TPSA) is 32.3 Å². The molecule has 0 radical (unpaired) electrons. The Balaban J connectivity index is 2.03. The summed E-state index contributed by atoms with van der Waals surface area (Å²) in [5.41, 5.74) is 0.218. The van der Waals surface area contributed by atoms with Crippen molar-refractivity contribution in [1.82, 2.24) is 0 Å². The molecule has 3 heteroatoms. The van der Waals surface area contributed by atoms with Crippen LogP contribution in [0.2, 0.25) is 5.02 Å². The van der Waals surface area contributed by atoms with E-state index in [9.17, 15) is 5.11 Å². The lowest BCUT2D eigenvalue weighted by Crippen LogP contribution is -2.39. The van der Waals surface area contributed by atoms with E-state index in [1.54, 1.807) is 0 Å². The van der Waals surface area contributed by atoms with Crippen LogP contribution in [0.15, 0.2) is 24.3 Å². The van der Waals surface area contributed by atoms with Crippen molar-refractivity contribution < 1.29 is 5.11 Å². The molecule has 1 saturated carbocycles. The molecule has 0 unspecified atom stereocenters. The van der Waals surface area contributed by atoms with E-state index in [2.05, 4.69) is 5.32 Å². The highest BCUT2D eigenvalue weighted by molar-refractivity contribution is 6.30. The molecule has 15 heavy (non-hydrogen) atoms. The Morgan fingerprint density at radius 1 is 1.07 bits per heavy atom. The van der Waals surface area contributed by atoms with Crippen LogP contribution in [-0.4, -0.2) is 10.8 Å². The zero-order valence-corrected chi connectivity index (χ0v) is 9.43. The van der Waals surface area contributed by atoms with Crippen LogP contribution in [-0.2, 0) is 0 Å². The lowest BCUT2D eigenvalue weighted by molar-refractivity contribution is 0.0317. The highest BCUT2D eigenvalue weighted by Crippen LogP contribution is 2.29. The molecule has 2 rings (SSSR count). The van der Waals surface area contributed by atoms with Gasteiger partial charge in [0.1, 0.15) is 5.72 Å². The molecule has 0 spiro atoms. The quantitative estimate of drug-likeness (QED) is 0.757. The van der Waals surface area contributed by atoms with Gasteiger partial charge in [-0.05, 0) is 49.9 Å². The Morgan fingerprint density at radius 2 is 1.67 bits per heavy atom. The smallest absolute Gasteiger partial charge is 0.135 e. The van der Waals surface area contributed by atoms with Gasteiger partial charge < -0.3 is 10.4 Å². The van der Waals surface area contributed by atoms with Gasteiger partial charge in [0.25, 0.3) is 0 Å². The van der Waals surface area contributed by atoms with Gasteiger partial charge in [0.05, 0.1) is 0 Å². The van der Waals surface area contributed by atoms with E-state index in [0.717, 1.165) is 36.4 Å². The standard InChI is InChI=1S/C12H16ClNO/c13-10-4-6-11(7-5-10)14-12(15)8-2-1-3-9-12/h4-7,14-15H,1-3,8-9H2. The molecule has 1 aliphatic carbocycles. The number of hydrogen-bond donors (Lipinski definition) is 2. The summed E-state index contributed by atoms with van der Waals surface area (Å²) < 4.78 is 0. The van der Waals surface area contributed by atoms with Crippen LogP contribution < -0.4 is 5.32 Å². The van der Waals surface area contributed by atoms with E-state index in [0.29, 0.717) is 0 Å². The van der Waals surface area contributed by atoms with E-state index in [4.69, 9.17) is 11.6 Å². The maximum atomic E-state index is 10.2. The molecule has 0 atom stereocenters. The molecule has 0 saturated heterocycles. The van der Waals surface area contributed by atoms with Crippen molar-refractivity contribution in [2.75, 3.05) is 5.32 Å². The Kier molecular flexibility index (Phi) is 3.17. The molecule has 2 nitrogen and oxygen atoms in total. The second-order valence-corrected chi connectivity index (χ2v) is 4.66. The minimum Gasteiger partial charge on any atom is -0.371 e. The summed E-state index contributed by atoms with van der Waals surface area (Å²) in [6, 6.07) is 7.45. The number of rotatable bonds is 2. The zero-order valence-electron chi connectivity index (χ0n) is 8.67. The Bertz CT molecular complexity index is 317. The third-order valence-corrected chi connectivity index (χ3v) is 3.15. The Labute approximate surface area is 95.3 Å². The molecule has 0 bridgehead atoms. The lowest BCUT2D eigenvalue weighted by atomic mass is 9.91. The van der Waals surface area contributed by atoms with Gasteiger partial charge in [0.15, 0.2) is 0 Å². The minimum atomic E-state index is -0.716. The predicted octanol–water partition coefficient (Wildman–Crippen LogP) is 3.40.